The van der Waals surface area contributed by atoms with Crippen LogP contribution in [0.15, 0.2) is 66.7 Å². The maximum atomic E-state index is 13.4. The van der Waals surface area contributed by atoms with E-state index in [1.165, 1.54) is 12.0 Å². The first kappa shape index (κ1) is 21.1. The van der Waals surface area contributed by atoms with Gasteiger partial charge in [-0.05, 0) is 48.1 Å². The Balaban J connectivity index is 1.41. The van der Waals surface area contributed by atoms with E-state index >= 15 is 0 Å². The molecule has 0 radical (unpaired) electrons. The summed E-state index contributed by atoms with van der Waals surface area (Å²) in [7, 11) is 1.30. The molecular formula is C26H24N2O5. The van der Waals surface area contributed by atoms with Crippen molar-refractivity contribution in [2.75, 3.05) is 12.4 Å². The van der Waals surface area contributed by atoms with E-state index in [-0.39, 0.29) is 41.9 Å². The first-order chi connectivity index (χ1) is 16.0. The number of ether oxygens (including phenoxy) is 1. The minimum absolute atomic E-state index is 0.0766. The third-order valence-corrected chi connectivity index (χ3v) is 6.96. The lowest BCUT2D eigenvalue weighted by Crippen LogP contribution is -2.49. The predicted molar refractivity (Wildman–Crippen MR) is 120 cm³/mol. The lowest BCUT2D eigenvalue weighted by atomic mass is 9.85. The van der Waals surface area contributed by atoms with Gasteiger partial charge >= 0.3 is 5.97 Å². The zero-order chi connectivity index (χ0) is 23.1. The molecule has 2 fully saturated rings. The zero-order valence-corrected chi connectivity index (χ0v) is 18.1. The lowest BCUT2D eigenvalue weighted by Gasteiger charge is -2.27. The van der Waals surface area contributed by atoms with E-state index in [2.05, 4.69) is 5.32 Å². The van der Waals surface area contributed by atoms with Crippen LogP contribution in [0.5, 0.6) is 0 Å². The van der Waals surface area contributed by atoms with E-state index in [9.17, 15) is 19.2 Å². The highest BCUT2D eigenvalue weighted by Crippen LogP contribution is 2.53. The zero-order valence-electron chi connectivity index (χ0n) is 18.1. The van der Waals surface area contributed by atoms with E-state index in [4.69, 9.17) is 4.74 Å². The molecule has 0 aromatic heterocycles. The summed E-state index contributed by atoms with van der Waals surface area (Å²) in [6.45, 7) is 0. The van der Waals surface area contributed by atoms with Crippen molar-refractivity contribution < 1.29 is 23.9 Å². The Kier molecular flexibility index (Phi) is 5.32. The van der Waals surface area contributed by atoms with Crippen molar-refractivity contribution in [3.8, 4) is 0 Å². The van der Waals surface area contributed by atoms with Crippen LogP contribution in [0.4, 0.5) is 5.69 Å². The second-order valence-corrected chi connectivity index (χ2v) is 8.81. The van der Waals surface area contributed by atoms with Crippen LogP contribution in [-0.4, -0.2) is 41.7 Å². The summed E-state index contributed by atoms with van der Waals surface area (Å²) in [6.07, 6.45) is 5.14. The summed E-state index contributed by atoms with van der Waals surface area (Å²) in [5.74, 6) is -1.99. The molecule has 2 aromatic carbocycles. The van der Waals surface area contributed by atoms with Gasteiger partial charge in [0, 0.05) is 12.1 Å². The number of hydrogen-bond acceptors (Lipinski definition) is 5. The number of fused-ring (bicyclic) bond motifs is 5. The molecule has 168 valence electrons. The van der Waals surface area contributed by atoms with Crippen molar-refractivity contribution in [2.24, 2.45) is 23.7 Å². The summed E-state index contributed by atoms with van der Waals surface area (Å²) >= 11 is 0. The van der Waals surface area contributed by atoms with Gasteiger partial charge in [0.15, 0.2) is 0 Å². The molecule has 1 saturated carbocycles. The quantitative estimate of drug-likeness (QED) is 0.420. The van der Waals surface area contributed by atoms with Gasteiger partial charge in [-0.2, -0.15) is 0 Å². The van der Waals surface area contributed by atoms with Gasteiger partial charge in [-0.15, -0.1) is 0 Å². The fourth-order valence-electron chi connectivity index (χ4n) is 5.40. The van der Waals surface area contributed by atoms with Crippen molar-refractivity contribution in [3.05, 3.63) is 77.9 Å². The molecule has 3 amide bonds. The summed E-state index contributed by atoms with van der Waals surface area (Å²) in [4.78, 5) is 53.0. The summed E-state index contributed by atoms with van der Waals surface area (Å²) in [6, 6.07) is 14.7. The maximum Gasteiger partial charge on any atom is 0.337 e. The molecule has 33 heavy (non-hydrogen) atoms. The molecule has 2 aliphatic carbocycles. The Morgan fingerprint density at radius 2 is 1.58 bits per heavy atom. The molecule has 1 N–H and O–H groups in total. The largest absolute Gasteiger partial charge is 0.465 e. The molecule has 2 aromatic rings. The van der Waals surface area contributed by atoms with E-state index < -0.39 is 17.9 Å². The Morgan fingerprint density at radius 3 is 2.15 bits per heavy atom. The van der Waals surface area contributed by atoms with Crippen molar-refractivity contribution in [2.45, 2.75) is 18.9 Å². The fourth-order valence-corrected chi connectivity index (χ4v) is 5.40. The van der Waals surface area contributed by atoms with Crippen LogP contribution < -0.4 is 5.32 Å². The molecule has 1 aliphatic heterocycles. The van der Waals surface area contributed by atoms with Gasteiger partial charge in [0.1, 0.15) is 6.04 Å². The van der Waals surface area contributed by atoms with Crippen LogP contribution in [0.1, 0.15) is 22.3 Å². The molecule has 3 aliphatic rings. The molecule has 7 heteroatoms. The minimum Gasteiger partial charge on any atom is -0.465 e. The van der Waals surface area contributed by atoms with Crippen LogP contribution in [-0.2, 0) is 25.5 Å². The lowest BCUT2D eigenvalue weighted by molar-refractivity contribution is -0.147. The number of rotatable bonds is 6. The third kappa shape index (κ3) is 3.63. The highest BCUT2D eigenvalue weighted by atomic mass is 16.5. The Bertz CT molecular complexity index is 1110. The standard InChI is InChI=1S/C26H24N2O5/c1-33-26(32)16-9-11-19(12-10-16)27-23(29)20(13-15-5-3-2-4-6-15)28-24(30)21-17-7-8-18(14-17)22(21)25(28)31/h2-12,17-18,20-22H,13-14H2,1H3,(H,27,29)/t17-,18-,20+,21-,22+/m0/s1. The number of nitrogens with zero attached hydrogens (tertiary/aromatic N) is 1. The summed E-state index contributed by atoms with van der Waals surface area (Å²) < 4.78 is 4.70. The Morgan fingerprint density at radius 1 is 0.970 bits per heavy atom. The molecule has 7 nitrogen and oxygen atoms in total. The van der Waals surface area contributed by atoms with Gasteiger partial charge in [-0.3, -0.25) is 19.3 Å². The SMILES string of the molecule is COC(=O)c1ccc(NC(=O)[C@@H](Cc2ccccc2)N2C(=O)[C@@H]3[C@H](C2=O)[C@H]2C=C[C@H]3C2)cc1. The number of esters is 1. The molecule has 1 saturated heterocycles. The highest BCUT2D eigenvalue weighted by Gasteiger charge is 2.61. The number of carbonyl (C=O) groups is 4. The maximum absolute atomic E-state index is 13.4. The number of likely N-dealkylation sites (tertiary alicyclic amines) is 1. The first-order valence-electron chi connectivity index (χ1n) is 11.1. The van der Waals surface area contributed by atoms with Crippen molar-refractivity contribution in [1.82, 2.24) is 4.90 Å². The van der Waals surface area contributed by atoms with Crippen LogP contribution in [0, 0.1) is 23.7 Å². The number of allylic oxidation sites excluding steroid dienone is 2. The number of benzene rings is 2. The first-order valence-corrected chi connectivity index (χ1v) is 11.1. The van der Waals surface area contributed by atoms with E-state index in [0.717, 1.165) is 12.0 Å². The Hall–Kier alpha value is -3.74. The number of amides is 3. The average molecular weight is 444 g/mol. The molecule has 0 spiro atoms. The van der Waals surface area contributed by atoms with Gasteiger partial charge in [0.25, 0.3) is 0 Å². The van der Waals surface area contributed by atoms with Crippen LogP contribution in [0.25, 0.3) is 0 Å². The summed E-state index contributed by atoms with van der Waals surface area (Å²) in [5, 5.41) is 2.82. The van der Waals surface area contributed by atoms with Gasteiger partial charge < -0.3 is 10.1 Å². The highest BCUT2D eigenvalue weighted by molar-refractivity contribution is 6.11. The topological polar surface area (TPSA) is 92.8 Å². The second kappa shape index (κ2) is 8.31. The molecule has 1 heterocycles. The van der Waals surface area contributed by atoms with Gasteiger partial charge in [-0.25, -0.2) is 4.79 Å². The van der Waals surface area contributed by atoms with E-state index in [0.29, 0.717) is 11.3 Å². The monoisotopic (exact) mass is 444 g/mol. The number of anilines is 1. The summed E-state index contributed by atoms with van der Waals surface area (Å²) in [5.41, 5.74) is 1.68. The molecular weight excluding hydrogens is 420 g/mol. The minimum atomic E-state index is -0.960. The molecule has 0 unspecified atom stereocenters. The third-order valence-electron chi connectivity index (χ3n) is 6.96. The van der Waals surface area contributed by atoms with Gasteiger partial charge in [0.05, 0.1) is 24.5 Å². The van der Waals surface area contributed by atoms with Crippen molar-refractivity contribution in [3.63, 3.8) is 0 Å². The molecule has 5 rings (SSSR count). The van der Waals surface area contributed by atoms with Crippen LogP contribution >= 0.6 is 0 Å². The number of imide groups is 1. The number of nitrogens with one attached hydrogen (secondary N) is 1. The van der Waals surface area contributed by atoms with E-state index in [1.807, 2.05) is 42.5 Å². The smallest absolute Gasteiger partial charge is 0.337 e. The fraction of sp³-hybridized carbons (Fsp3) is 0.308. The number of carbonyl (C=O) groups excluding carboxylic acids is 4. The molecule has 2 bridgehead atoms. The van der Waals surface area contributed by atoms with Crippen LogP contribution in [0.3, 0.4) is 0 Å². The molecule has 5 atom stereocenters. The van der Waals surface area contributed by atoms with Gasteiger partial charge in [0.2, 0.25) is 17.7 Å². The van der Waals surface area contributed by atoms with E-state index in [1.54, 1.807) is 24.3 Å². The number of methoxy groups -OCH3 is 1. The predicted octanol–water partition coefficient (Wildman–Crippen LogP) is 2.83. The average Bonchev–Trinajstić information content (AvgIpc) is 3.52. The van der Waals surface area contributed by atoms with Gasteiger partial charge in [-0.1, -0.05) is 42.5 Å². The normalized spacial score (nSPS) is 25.8. The van der Waals surface area contributed by atoms with Crippen molar-refractivity contribution in [1.29, 1.82) is 0 Å². The number of hydrogen-bond donors (Lipinski definition) is 1. The van der Waals surface area contributed by atoms with Crippen molar-refractivity contribution >= 4 is 29.4 Å². The Labute approximate surface area is 191 Å². The second-order valence-electron chi connectivity index (χ2n) is 8.81. The van der Waals surface area contributed by atoms with Crippen LogP contribution in [0.2, 0.25) is 0 Å².